The SMILES string of the molecule is CCN(Cc1c[nH]c2cc(Cl)ccc12)C(C)(C)C(=O)O. The van der Waals surface area contributed by atoms with Gasteiger partial charge < -0.3 is 10.1 Å². The van der Waals surface area contributed by atoms with Gasteiger partial charge in [0.1, 0.15) is 5.54 Å². The van der Waals surface area contributed by atoms with Crippen molar-refractivity contribution in [3.05, 3.63) is 35.0 Å². The summed E-state index contributed by atoms with van der Waals surface area (Å²) in [6.07, 6.45) is 1.92. The fraction of sp³-hybridized carbons (Fsp3) is 0.400. The molecule has 0 radical (unpaired) electrons. The van der Waals surface area contributed by atoms with Crippen molar-refractivity contribution < 1.29 is 9.90 Å². The van der Waals surface area contributed by atoms with E-state index >= 15 is 0 Å². The van der Waals surface area contributed by atoms with Crippen LogP contribution in [0.2, 0.25) is 5.02 Å². The lowest BCUT2D eigenvalue weighted by molar-refractivity contribution is -0.149. The fourth-order valence-corrected chi connectivity index (χ4v) is 2.51. The summed E-state index contributed by atoms with van der Waals surface area (Å²) in [4.78, 5) is 16.5. The molecule has 1 aromatic heterocycles. The molecule has 0 fully saturated rings. The molecule has 2 N–H and O–H groups in total. The maximum absolute atomic E-state index is 11.4. The lowest BCUT2D eigenvalue weighted by Gasteiger charge is -2.34. The molecule has 0 bridgehead atoms. The molecular weight excluding hydrogens is 276 g/mol. The van der Waals surface area contributed by atoms with Gasteiger partial charge in [0.05, 0.1) is 0 Å². The number of aromatic nitrogens is 1. The number of carboxylic acids is 1. The number of nitrogens with zero attached hydrogens (tertiary/aromatic N) is 1. The van der Waals surface area contributed by atoms with Crippen LogP contribution in [0, 0.1) is 0 Å². The van der Waals surface area contributed by atoms with E-state index in [1.165, 1.54) is 0 Å². The number of hydrogen-bond donors (Lipinski definition) is 2. The molecular formula is C15H19ClN2O2. The maximum atomic E-state index is 11.4. The van der Waals surface area contributed by atoms with E-state index in [1.807, 2.05) is 36.2 Å². The normalized spacial score (nSPS) is 12.2. The van der Waals surface area contributed by atoms with Gasteiger partial charge in [0.25, 0.3) is 0 Å². The first-order valence-electron chi connectivity index (χ1n) is 6.60. The highest BCUT2D eigenvalue weighted by Gasteiger charge is 2.33. The number of rotatable bonds is 5. The van der Waals surface area contributed by atoms with Crippen molar-refractivity contribution in [2.45, 2.75) is 32.9 Å². The van der Waals surface area contributed by atoms with Crippen LogP contribution in [-0.2, 0) is 11.3 Å². The van der Waals surface area contributed by atoms with Crippen LogP contribution in [0.3, 0.4) is 0 Å². The monoisotopic (exact) mass is 294 g/mol. The van der Waals surface area contributed by atoms with Gasteiger partial charge in [-0.25, -0.2) is 0 Å². The molecule has 0 aliphatic carbocycles. The fourth-order valence-electron chi connectivity index (χ4n) is 2.33. The average Bonchev–Trinajstić information content (AvgIpc) is 2.77. The van der Waals surface area contributed by atoms with E-state index in [0.717, 1.165) is 16.5 Å². The maximum Gasteiger partial charge on any atom is 0.323 e. The lowest BCUT2D eigenvalue weighted by atomic mass is 10.0. The van der Waals surface area contributed by atoms with Gasteiger partial charge in [0.15, 0.2) is 0 Å². The van der Waals surface area contributed by atoms with E-state index in [1.54, 1.807) is 13.8 Å². The second kappa shape index (κ2) is 5.46. The van der Waals surface area contributed by atoms with E-state index in [0.29, 0.717) is 18.1 Å². The Morgan fingerprint density at radius 3 is 2.75 bits per heavy atom. The second-order valence-electron chi connectivity index (χ2n) is 5.38. The van der Waals surface area contributed by atoms with Gasteiger partial charge in [-0.15, -0.1) is 0 Å². The zero-order valence-corrected chi connectivity index (χ0v) is 12.7. The van der Waals surface area contributed by atoms with Crippen LogP contribution in [0.5, 0.6) is 0 Å². The molecule has 0 saturated heterocycles. The summed E-state index contributed by atoms with van der Waals surface area (Å²) in [6.45, 7) is 6.67. The summed E-state index contributed by atoms with van der Waals surface area (Å²) < 4.78 is 0. The number of aliphatic carboxylic acids is 1. The van der Waals surface area contributed by atoms with Gasteiger partial charge in [-0.3, -0.25) is 9.69 Å². The molecule has 4 nitrogen and oxygen atoms in total. The number of nitrogens with one attached hydrogen (secondary N) is 1. The lowest BCUT2D eigenvalue weighted by Crippen LogP contribution is -2.49. The van der Waals surface area contributed by atoms with Gasteiger partial charge in [-0.1, -0.05) is 24.6 Å². The summed E-state index contributed by atoms with van der Waals surface area (Å²) in [5.41, 5.74) is 1.15. The molecule has 1 heterocycles. The number of H-pyrrole nitrogens is 1. The van der Waals surface area contributed by atoms with Crippen molar-refractivity contribution in [2.24, 2.45) is 0 Å². The van der Waals surface area contributed by atoms with Crippen molar-refractivity contribution in [2.75, 3.05) is 6.54 Å². The number of benzene rings is 1. The Bertz CT molecular complexity index is 634. The highest BCUT2D eigenvalue weighted by Crippen LogP contribution is 2.25. The van der Waals surface area contributed by atoms with Crippen LogP contribution in [-0.4, -0.2) is 33.0 Å². The van der Waals surface area contributed by atoms with Gasteiger partial charge in [-0.2, -0.15) is 0 Å². The predicted molar refractivity (Wildman–Crippen MR) is 81.1 cm³/mol. The van der Waals surface area contributed by atoms with Crippen LogP contribution in [0.15, 0.2) is 24.4 Å². The van der Waals surface area contributed by atoms with Crippen molar-refractivity contribution in [3.63, 3.8) is 0 Å². The van der Waals surface area contributed by atoms with Crippen LogP contribution in [0.4, 0.5) is 0 Å². The van der Waals surface area contributed by atoms with Crippen LogP contribution in [0.1, 0.15) is 26.3 Å². The van der Waals surface area contributed by atoms with Crippen molar-refractivity contribution in [3.8, 4) is 0 Å². The van der Waals surface area contributed by atoms with Gasteiger partial charge in [0, 0.05) is 28.7 Å². The van der Waals surface area contributed by atoms with E-state index < -0.39 is 11.5 Å². The molecule has 0 saturated carbocycles. The molecule has 0 aliphatic rings. The molecule has 2 aromatic rings. The Balaban J connectivity index is 2.33. The first-order chi connectivity index (χ1) is 9.36. The van der Waals surface area contributed by atoms with E-state index in [9.17, 15) is 9.90 Å². The Morgan fingerprint density at radius 1 is 1.45 bits per heavy atom. The summed E-state index contributed by atoms with van der Waals surface area (Å²) >= 11 is 5.97. The molecule has 0 aliphatic heterocycles. The van der Waals surface area contributed by atoms with E-state index in [2.05, 4.69) is 4.98 Å². The molecule has 108 valence electrons. The highest BCUT2D eigenvalue weighted by molar-refractivity contribution is 6.31. The molecule has 2 rings (SSSR count). The van der Waals surface area contributed by atoms with E-state index in [-0.39, 0.29) is 0 Å². The van der Waals surface area contributed by atoms with Crippen LogP contribution in [0.25, 0.3) is 10.9 Å². The van der Waals surface area contributed by atoms with Crippen molar-refractivity contribution >= 4 is 28.5 Å². The average molecular weight is 295 g/mol. The van der Waals surface area contributed by atoms with Gasteiger partial charge >= 0.3 is 5.97 Å². The first-order valence-corrected chi connectivity index (χ1v) is 6.98. The highest BCUT2D eigenvalue weighted by atomic mass is 35.5. The number of halogens is 1. The summed E-state index contributed by atoms with van der Waals surface area (Å²) in [7, 11) is 0. The third kappa shape index (κ3) is 2.67. The third-order valence-corrected chi connectivity index (χ3v) is 4.02. The molecule has 5 heteroatoms. The molecule has 1 aromatic carbocycles. The number of likely N-dealkylation sites (N-methyl/N-ethyl adjacent to an activating group) is 1. The first kappa shape index (κ1) is 14.9. The largest absolute Gasteiger partial charge is 0.480 e. The predicted octanol–water partition coefficient (Wildman–Crippen LogP) is 3.51. The zero-order chi connectivity index (χ0) is 14.9. The zero-order valence-electron chi connectivity index (χ0n) is 11.9. The van der Waals surface area contributed by atoms with Crippen molar-refractivity contribution in [1.29, 1.82) is 0 Å². The second-order valence-corrected chi connectivity index (χ2v) is 5.82. The topological polar surface area (TPSA) is 56.3 Å². The van der Waals surface area contributed by atoms with E-state index in [4.69, 9.17) is 11.6 Å². The Hall–Kier alpha value is -1.52. The Labute approximate surface area is 123 Å². The number of hydrogen-bond acceptors (Lipinski definition) is 2. The quantitative estimate of drug-likeness (QED) is 0.887. The van der Waals surface area contributed by atoms with Crippen molar-refractivity contribution in [1.82, 2.24) is 9.88 Å². The standard InChI is InChI=1S/C15H19ClN2O2/c1-4-18(15(2,3)14(19)20)9-10-8-17-13-7-11(16)5-6-12(10)13/h5-8,17H,4,9H2,1-3H3,(H,19,20). The summed E-state index contributed by atoms with van der Waals surface area (Å²) in [5, 5.41) is 11.1. The molecule has 0 unspecified atom stereocenters. The molecule has 20 heavy (non-hydrogen) atoms. The third-order valence-electron chi connectivity index (χ3n) is 3.79. The minimum absolute atomic E-state index is 0.581. The Morgan fingerprint density at radius 2 is 2.15 bits per heavy atom. The number of aromatic amines is 1. The smallest absolute Gasteiger partial charge is 0.323 e. The number of fused-ring (bicyclic) bond motifs is 1. The van der Waals surface area contributed by atoms with Crippen LogP contribution < -0.4 is 0 Å². The number of carboxylic acid groups (broad SMARTS) is 1. The summed E-state index contributed by atoms with van der Waals surface area (Å²) in [6, 6.07) is 5.68. The van der Waals surface area contributed by atoms with Gasteiger partial charge in [0.2, 0.25) is 0 Å². The van der Waals surface area contributed by atoms with Gasteiger partial charge in [-0.05, 0) is 38.1 Å². The minimum Gasteiger partial charge on any atom is -0.480 e. The number of carbonyl (C=O) groups is 1. The summed E-state index contributed by atoms with van der Waals surface area (Å²) in [5.74, 6) is -0.817. The minimum atomic E-state index is -0.898. The molecule has 0 atom stereocenters. The molecule has 0 amide bonds. The Kier molecular flexibility index (Phi) is 4.06. The molecule has 0 spiro atoms. The van der Waals surface area contributed by atoms with Crippen LogP contribution >= 0.6 is 11.6 Å².